The molecule has 2 rings (SSSR count). The molecule has 1 saturated heterocycles. The highest BCUT2D eigenvalue weighted by Gasteiger charge is 2.31. The van der Waals surface area contributed by atoms with E-state index in [1.165, 1.54) is 11.8 Å². The first-order valence-electron chi connectivity index (χ1n) is 10.7. The number of benzene rings is 1. The third kappa shape index (κ3) is 8.83. The zero-order valence-corrected chi connectivity index (χ0v) is 19.5. The molecule has 1 fully saturated rings. The molecule has 2 N–H and O–H groups in total. The minimum atomic E-state index is -0.780. The molecule has 0 unspecified atom stereocenters. The Morgan fingerprint density at radius 2 is 1.81 bits per heavy atom. The summed E-state index contributed by atoms with van der Waals surface area (Å²) in [6.07, 6.45) is 7.19. The number of nitrogens with one attached hydrogen (secondary N) is 1. The van der Waals surface area contributed by atoms with Gasteiger partial charge in [-0.15, -0.1) is 0 Å². The molecule has 8 heteroatoms. The molecule has 0 aliphatic carbocycles. The van der Waals surface area contributed by atoms with Crippen molar-refractivity contribution in [1.29, 1.82) is 0 Å². The first-order chi connectivity index (χ1) is 14.9. The van der Waals surface area contributed by atoms with E-state index in [0.717, 1.165) is 43.2 Å². The Bertz CT molecular complexity index is 839. The molecule has 0 aromatic heterocycles. The lowest BCUT2D eigenvalue weighted by atomic mass is 10.1. The average molecular weight is 463 g/mol. The summed E-state index contributed by atoms with van der Waals surface area (Å²) in [6, 6.07) is 7.93. The molecule has 2 amide bonds. The summed E-state index contributed by atoms with van der Waals surface area (Å²) in [5.41, 5.74) is 2.14. The maximum Gasteiger partial charge on any atom is 0.303 e. The minimum Gasteiger partial charge on any atom is -0.481 e. The van der Waals surface area contributed by atoms with Gasteiger partial charge < -0.3 is 10.4 Å². The number of amides is 2. The highest BCUT2D eigenvalue weighted by Crippen LogP contribution is 2.33. The number of thiocarbonyl (C=S) groups is 1. The largest absolute Gasteiger partial charge is 0.481 e. The number of carboxylic acid groups (broad SMARTS) is 1. The van der Waals surface area contributed by atoms with Crippen LogP contribution in [0.5, 0.6) is 0 Å². The van der Waals surface area contributed by atoms with Gasteiger partial charge in [0, 0.05) is 25.9 Å². The molecule has 0 radical (unpaired) electrons. The second kappa shape index (κ2) is 13.3. The van der Waals surface area contributed by atoms with Gasteiger partial charge in [0.05, 0.1) is 4.91 Å². The standard InChI is InChI=1S/C23H30N2O4S2/c1-17-10-6-7-11-18(17)16-19-22(29)25(23(30)31-19)15-9-3-4-12-20(26)24-14-8-2-5-13-21(27)28/h6-7,10-11,16H,2-5,8-9,12-15H2,1H3,(H,24,26)(H,27,28)/b19-16-. The number of aryl methyl sites for hydroxylation is 1. The highest BCUT2D eigenvalue weighted by atomic mass is 32.2. The summed E-state index contributed by atoms with van der Waals surface area (Å²) < 4.78 is 0.588. The van der Waals surface area contributed by atoms with Crippen molar-refractivity contribution in [3.63, 3.8) is 0 Å². The number of nitrogens with zero attached hydrogens (tertiary/aromatic N) is 1. The molecule has 6 nitrogen and oxygen atoms in total. The molecule has 1 aromatic rings. The van der Waals surface area contributed by atoms with Crippen LogP contribution in [0, 0.1) is 6.92 Å². The van der Waals surface area contributed by atoms with Crippen molar-refractivity contribution in [3.05, 3.63) is 40.3 Å². The predicted molar refractivity (Wildman–Crippen MR) is 129 cm³/mol. The van der Waals surface area contributed by atoms with Gasteiger partial charge in [0.25, 0.3) is 5.91 Å². The third-order valence-electron chi connectivity index (χ3n) is 5.02. The van der Waals surface area contributed by atoms with E-state index in [9.17, 15) is 14.4 Å². The van der Waals surface area contributed by atoms with Gasteiger partial charge in [-0.1, -0.05) is 61.1 Å². The number of thioether (sulfide) groups is 1. The molecule has 1 aromatic carbocycles. The van der Waals surface area contributed by atoms with Gasteiger partial charge in [-0.05, 0) is 49.8 Å². The quantitative estimate of drug-likeness (QED) is 0.255. The molecule has 0 spiro atoms. The zero-order valence-electron chi connectivity index (χ0n) is 17.9. The van der Waals surface area contributed by atoms with E-state index in [0.29, 0.717) is 35.2 Å². The second-order valence-electron chi connectivity index (χ2n) is 7.55. The van der Waals surface area contributed by atoms with E-state index in [2.05, 4.69) is 5.32 Å². The Hall–Kier alpha value is -2.19. The van der Waals surface area contributed by atoms with Crippen molar-refractivity contribution in [3.8, 4) is 0 Å². The maximum absolute atomic E-state index is 12.7. The van der Waals surface area contributed by atoms with Crippen molar-refractivity contribution in [2.75, 3.05) is 13.1 Å². The van der Waals surface area contributed by atoms with E-state index in [1.807, 2.05) is 37.3 Å². The molecular weight excluding hydrogens is 432 g/mol. The normalized spacial score (nSPS) is 15.0. The lowest BCUT2D eigenvalue weighted by molar-refractivity contribution is -0.137. The maximum atomic E-state index is 12.7. The fourth-order valence-electron chi connectivity index (χ4n) is 3.21. The molecule has 31 heavy (non-hydrogen) atoms. The number of unbranched alkanes of at least 4 members (excludes halogenated alkanes) is 4. The average Bonchev–Trinajstić information content (AvgIpc) is 2.99. The highest BCUT2D eigenvalue weighted by molar-refractivity contribution is 8.26. The van der Waals surface area contributed by atoms with Crippen LogP contribution < -0.4 is 5.32 Å². The van der Waals surface area contributed by atoms with Crippen LogP contribution in [0.1, 0.15) is 62.5 Å². The number of aliphatic carboxylic acids is 1. The van der Waals surface area contributed by atoms with Gasteiger partial charge in [-0.25, -0.2) is 0 Å². The summed E-state index contributed by atoms with van der Waals surface area (Å²) >= 11 is 6.73. The van der Waals surface area contributed by atoms with Crippen molar-refractivity contribution < 1.29 is 19.5 Å². The molecule has 0 saturated carbocycles. The van der Waals surface area contributed by atoms with Crippen LogP contribution in [0.3, 0.4) is 0 Å². The second-order valence-corrected chi connectivity index (χ2v) is 9.23. The third-order valence-corrected chi connectivity index (χ3v) is 6.40. The van der Waals surface area contributed by atoms with Gasteiger partial charge in [-0.3, -0.25) is 19.3 Å². The molecule has 0 atom stereocenters. The monoisotopic (exact) mass is 462 g/mol. The first-order valence-corrected chi connectivity index (χ1v) is 11.9. The van der Waals surface area contributed by atoms with Crippen LogP contribution >= 0.6 is 24.0 Å². The van der Waals surface area contributed by atoms with E-state index in [4.69, 9.17) is 17.3 Å². The van der Waals surface area contributed by atoms with Crippen molar-refractivity contribution >= 4 is 52.2 Å². The molecule has 1 heterocycles. The zero-order chi connectivity index (χ0) is 22.6. The summed E-state index contributed by atoms with van der Waals surface area (Å²) in [5.74, 6) is -0.804. The van der Waals surface area contributed by atoms with Crippen LogP contribution in [-0.2, 0) is 14.4 Å². The summed E-state index contributed by atoms with van der Waals surface area (Å²) in [7, 11) is 0. The summed E-state index contributed by atoms with van der Waals surface area (Å²) in [4.78, 5) is 37.3. The van der Waals surface area contributed by atoms with Gasteiger partial charge in [0.15, 0.2) is 0 Å². The fourth-order valence-corrected chi connectivity index (χ4v) is 4.51. The molecule has 1 aliphatic rings. The number of rotatable bonds is 13. The Morgan fingerprint density at radius 1 is 1.10 bits per heavy atom. The number of carboxylic acids is 1. The van der Waals surface area contributed by atoms with Gasteiger partial charge in [0.2, 0.25) is 5.91 Å². The van der Waals surface area contributed by atoms with Crippen molar-refractivity contribution in [2.24, 2.45) is 0 Å². The molecular formula is C23H30N2O4S2. The van der Waals surface area contributed by atoms with E-state index in [-0.39, 0.29) is 18.2 Å². The van der Waals surface area contributed by atoms with Crippen LogP contribution in [0.2, 0.25) is 0 Å². The van der Waals surface area contributed by atoms with E-state index < -0.39 is 5.97 Å². The van der Waals surface area contributed by atoms with E-state index in [1.54, 1.807) is 4.90 Å². The van der Waals surface area contributed by atoms with Crippen molar-refractivity contribution in [2.45, 2.75) is 58.3 Å². The first kappa shape index (κ1) is 25.1. The van der Waals surface area contributed by atoms with Gasteiger partial charge >= 0.3 is 5.97 Å². The Kier molecular flexibility index (Phi) is 10.7. The van der Waals surface area contributed by atoms with Crippen LogP contribution in [-0.4, -0.2) is 45.2 Å². The number of carbonyl (C=O) groups is 3. The Morgan fingerprint density at radius 3 is 2.55 bits per heavy atom. The lowest BCUT2D eigenvalue weighted by Gasteiger charge is -2.14. The SMILES string of the molecule is Cc1ccccc1/C=C1\SC(=S)N(CCCCCC(=O)NCCCCCC(=O)O)C1=O. The summed E-state index contributed by atoms with van der Waals surface area (Å²) in [5, 5.41) is 11.4. The topological polar surface area (TPSA) is 86.7 Å². The molecule has 1 aliphatic heterocycles. The van der Waals surface area contributed by atoms with Crippen LogP contribution in [0.25, 0.3) is 6.08 Å². The minimum absolute atomic E-state index is 0.0185. The molecule has 168 valence electrons. The molecule has 0 bridgehead atoms. The summed E-state index contributed by atoms with van der Waals surface area (Å²) in [6.45, 7) is 3.17. The van der Waals surface area contributed by atoms with Gasteiger partial charge in [-0.2, -0.15) is 0 Å². The van der Waals surface area contributed by atoms with Crippen LogP contribution in [0.15, 0.2) is 29.2 Å². The fraction of sp³-hybridized carbons (Fsp3) is 0.478. The van der Waals surface area contributed by atoms with Gasteiger partial charge in [0.1, 0.15) is 4.32 Å². The van der Waals surface area contributed by atoms with E-state index >= 15 is 0 Å². The lowest BCUT2D eigenvalue weighted by Crippen LogP contribution is -2.29. The Balaban J connectivity index is 1.62. The van der Waals surface area contributed by atoms with Crippen molar-refractivity contribution in [1.82, 2.24) is 10.2 Å². The number of carbonyl (C=O) groups excluding carboxylic acids is 2. The number of hydrogen-bond donors (Lipinski definition) is 2. The Labute approximate surface area is 193 Å². The smallest absolute Gasteiger partial charge is 0.303 e. The van der Waals surface area contributed by atoms with Crippen LogP contribution in [0.4, 0.5) is 0 Å². The predicted octanol–water partition coefficient (Wildman–Crippen LogP) is 4.52. The number of hydrogen-bond acceptors (Lipinski definition) is 5.